The third-order valence-corrected chi connectivity index (χ3v) is 5.20. The Labute approximate surface area is 121 Å². The van der Waals surface area contributed by atoms with Crippen LogP contribution in [0.2, 0.25) is 0 Å². The average molecular weight is 326 g/mol. The smallest absolute Gasteiger partial charge is 0.316 e. The van der Waals surface area contributed by atoms with Gasteiger partial charge in [0, 0.05) is 25.3 Å². The molecule has 6 nitrogen and oxygen atoms in total. The Morgan fingerprint density at radius 3 is 2.81 bits per heavy atom. The third kappa shape index (κ3) is 3.95. The first-order chi connectivity index (χ1) is 9.72. The number of nitrogens with one attached hydrogen (secondary N) is 1. The number of hydrogen-bond acceptors (Lipinski definition) is 4. The zero-order chi connectivity index (χ0) is 15.7. The van der Waals surface area contributed by atoms with E-state index in [1.54, 1.807) is 7.05 Å². The van der Waals surface area contributed by atoms with Gasteiger partial charge in [0.2, 0.25) is 10.0 Å². The van der Waals surface area contributed by atoms with Gasteiger partial charge in [0.15, 0.2) is 0 Å². The highest BCUT2D eigenvalue weighted by molar-refractivity contribution is 7.89. The van der Waals surface area contributed by atoms with Crippen LogP contribution in [-0.2, 0) is 16.6 Å². The van der Waals surface area contributed by atoms with Crippen LogP contribution < -0.4 is 5.32 Å². The van der Waals surface area contributed by atoms with Crippen LogP contribution in [0.15, 0.2) is 17.3 Å². The molecule has 0 radical (unpaired) electrons. The van der Waals surface area contributed by atoms with Crippen molar-refractivity contribution in [3.63, 3.8) is 0 Å². The van der Waals surface area contributed by atoms with Crippen molar-refractivity contribution in [2.75, 3.05) is 20.1 Å². The van der Waals surface area contributed by atoms with Gasteiger partial charge in [0.1, 0.15) is 11.4 Å². The molecule has 1 aliphatic rings. The Morgan fingerprint density at radius 1 is 1.48 bits per heavy atom. The van der Waals surface area contributed by atoms with Gasteiger partial charge in [-0.25, -0.2) is 8.42 Å². The standard InChI is InChI=1S/C11H17F3N4O2S/c1-15-9-3-2-4-18(6-9)21(19,20)10-5-16-17(7-10)8-11(12,13)14/h5,7,9,15H,2-4,6,8H2,1H3. The minimum absolute atomic E-state index is 0.0544. The van der Waals surface area contributed by atoms with Gasteiger partial charge in [-0.05, 0) is 19.9 Å². The SMILES string of the molecule is CNC1CCCN(S(=O)(=O)c2cnn(CC(F)(F)F)c2)C1. The number of hydrogen-bond donors (Lipinski definition) is 1. The Bertz CT molecular complexity index is 585. The number of rotatable bonds is 4. The van der Waals surface area contributed by atoms with Crippen molar-refractivity contribution in [3.05, 3.63) is 12.4 Å². The highest BCUT2D eigenvalue weighted by Crippen LogP contribution is 2.22. The van der Waals surface area contributed by atoms with Crippen molar-refractivity contribution in [3.8, 4) is 0 Å². The predicted molar refractivity (Wildman–Crippen MR) is 69.1 cm³/mol. The van der Waals surface area contributed by atoms with E-state index in [2.05, 4.69) is 10.4 Å². The molecular weight excluding hydrogens is 309 g/mol. The summed E-state index contributed by atoms with van der Waals surface area (Å²) in [6.45, 7) is -0.629. The molecule has 1 aliphatic heterocycles. The average Bonchev–Trinajstić information content (AvgIpc) is 2.85. The van der Waals surface area contributed by atoms with E-state index in [9.17, 15) is 21.6 Å². The van der Waals surface area contributed by atoms with Crippen LogP contribution in [0.25, 0.3) is 0 Å². The van der Waals surface area contributed by atoms with Gasteiger partial charge in [-0.1, -0.05) is 0 Å². The molecule has 2 heterocycles. The molecule has 1 saturated heterocycles. The van der Waals surface area contributed by atoms with Gasteiger partial charge in [-0.2, -0.15) is 22.6 Å². The molecule has 1 aromatic heterocycles. The second kappa shape index (κ2) is 5.93. The summed E-state index contributed by atoms with van der Waals surface area (Å²) < 4.78 is 63.5. The number of sulfonamides is 1. The van der Waals surface area contributed by atoms with Crippen LogP contribution in [0.1, 0.15) is 12.8 Å². The van der Waals surface area contributed by atoms with E-state index in [-0.39, 0.29) is 10.9 Å². The van der Waals surface area contributed by atoms with Crippen LogP contribution in [0, 0.1) is 0 Å². The molecule has 0 aromatic carbocycles. The van der Waals surface area contributed by atoms with Gasteiger partial charge in [0.05, 0.1) is 6.20 Å². The molecule has 1 atom stereocenters. The molecule has 21 heavy (non-hydrogen) atoms. The number of piperidine rings is 1. The van der Waals surface area contributed by atoms with Gasteiger partial charge in [-0.15, -0.1) is 0 Å². The van der Waals surface area contributed by atoms with Crippen molar-refractivity contribution < 1.29 is 21.6 Å². The zero-order valence-corrected chi connectivity index (χ0v) is 12.3. The summed E-state index contributed by atoms with van der Waals surface area (Å²) in [5.41, 5.74) is 0. The van der Waals surface area contributed by atoms with Crippen LogP contribution in [-0.4, -0.2) is 54.9 Å². The highest BCUT2D eigenvalue weighted by Gasteiger charge is 2.32. The van der Waals surface area contributed by atoms with E-state index >= 15 is 0 Å². The highest BCUT2D eigenvalue weighted by atomic mass is 32.2. The van der Waals surface area contributed by atoms with Gasteiger partial charge in [-0.3, -0.25) is 4.68 Å². The van der Waals surface area contributed by atoms with Gasteiger partial charge in [0.25, 0.3) is 0 Å². The van der Waals surface area contributed by atoms with E-state index in [1.165, 1.54) is 4.31 Å². The summed E-state index contributed by atoms with van der Waals surface area (Å²) in [7, 11) is -2.05. The molecule has 1 fully saturated rings. The Morgan fingerprint density at radius 2 is 2.19 bits per heavy atom. The van der Waals surface area contributed by atoms with E-state index in [4.69, 9.17) is 0 Å². The lowest BCUT2D eigenvalue weighted by Gasteiger charge is -2.31. The van der Waals surface area contributed by atoms with Crippen molar-refractivity contribution in [2.24, 2.45) is 0 Å². The lowest BCUT2D eigenvalue weighted by atomic mass is 10.1. The lowest BCUT2D eigenvalue weighted by Crippen LogP contribution is -2.46. The summed E-state index contributed by atoms with van der Waals surface area (Å²) in [5, 5.41) is 6.50. The Balaban J connectivity index is 2.16. The van der Waals surface area contributed by atoms with Crippen molar-refractivity contribution >= 4 is 10.0 Å². The number of aromatic nitrogens is 2. The Kier molecular flexibility index (Phi) is 4.59. The fraction of sp³-hybridized carbons (Fsp3) is 0.727. The van der Waals surface area contributed by atoms with Crippen LogP contribution in [0.4, 0.5) is 13.2 Å². The minimum atomic E-state index is -4.44. The molecule has 1 unspecified atom stereocenters. The second-order valence-electron chi connectivity index (χ2n) is 4.98. The Hall–Kier alpha value is -1.13. The molecule has 0 aliphatic carbocycles. The van der Waals surface area contributed by atoms with Gasteiger partial charge < -0.3 is 5.32 Å². The molecule has 0 spiro atoms. The van der Waals surface area contributed by atoms with E-state index in [0.29, 0.717) is 24.2 Å². The summed E-state index contributed by atoms with van der Waals surface area (Å²) in [6, 6.07) is 0.0544. The minimum Gasteiger partial charge on any atom is -0.316 e. The summed E-state index contributed by atoms with van der Waals surface area (Å²) in [5.74, 6) is 0. The second-order valence-corrected chi connectivity index (χ2v) is 6.92. The molecule has 1 aromatic rings. The number of nitrogens with zero attached hydrogens (tertiary/aromatic N) is 3. The van der Waals surface area contributed by atoms with Crippen LogP contribution in [0.3, 0.4) is 0 Å². The van der Waals surface area contributed by atoms with Crippen molar-refractivity contribution in [2.45, 2.75) is 36.5 Å². The summed E-state index contributed by atoms with van der Waals surface area (Å²) >= 11 is 0. The fourth-order valence-corrected chi connectivity index (χ4v) is 3.77. The molecule has 10 heteroatoms. The first-order valence-corrected chi connectivity index (χ1v) is 7.93. The normalized spacial score (nSPS) is 21.6. The maximum Gasteiger partial charge on any atom is 0.408 e. The van der Waals surface area contributed by atoms with Crippen LogP contribution >= 0.6 is 0 Å². The maximum atomic E-state index is 12.4. The molecular formula is C11H17F3N4O2S. The summed E-state index contributed by atoms with van der Waals surface area (Å²) in [4.78, 5) is -0.205. The molecule has 1 N–H and O–H groups in total. The van der Waals surface area contributed by atoms with Crippen molar-refractivity contribution in [1.29, 1.82) is 0 Å². The van der Waals surface area contributed by atoms with Crippen LogP contribution in [0.5, 0.6) is 0 Å². The van der Waals surface area contributed by atoms with E-state index < -0.39 is 22.7 Å². The first-order valence-electron chi connectivity index (χ1n) is 6.49. The number of alkyl halides is 3. The first kappa shape index (κ1) is 16.2. The van der Waals surface area contributed by atoms with E-state index in [0.717, 1.165) is 18.8 Å². The maximum absolute atomic E-state index is 12.4. The topological polar surface area (TPSA) is 67.2 Å². The third-order valence-electron chi connectivity index (χ3n) is 3.38. The quantitative estimate of drug-likeness (QED) is 0.889. The monoisotopic (exact) mass is 326 g/mol. The van der Waals surface area contributed by atoms with Gasteiger partial charge >= 0.3 is 6.18 Å². The summed E-state index contributed by atoms with van der Waals surface area (Å²) in [6.07, 6.45) is -0.970. The molecule has 120 valence electrons. The molecule has 0 bridgehead atoms. The van der Waals surface area contributed by atoms with E-state index in [1.807, 2.05) is 0 Å². The largest absolute Gasteiger partial charge is 0.408 e. The number of halogens is 3. The fourth-order valence-electron chi connectivity index (χ4n) is 2.29. The molecule has 0 saturated carbocycles. The number of likely N-dealkylation sites (N-methyl/N-ethyl adjacent to an activating group) is 1. The molecule has 0 amide bonds. The van der Waals surface area contributed by atoms with Crippen molar-refractivity contribution in [1.82, 2.24) is 19.4 Å². The predicted octanol–water partition coefficient (Wildman–Crippen LogP) is 0.818. The lowest BCUT2D eigenvalue weighted by molar-refractivity contribution is -0.142. The molecule has 2 rings (SSSR count). The zero-order valence-electron chi connectivity index (χ0n) is 11.5.